The Labute approximate surface area is 114 Å². The SMILES string of the molecule is Fc1cccc2ncnc(NCCCn3ccnn3)c12. The standard InChI is InChI=1S/C13H13FN6/c14-10-3-1-4-11-12(10)13(17-9-16-11)15-5-2-7-20-8-6-18-19-20/h1,3-4,6,8-9H,2,5,7H2,(H,15,16,17). The van der Waals surface area contributed by atoms with Crippen LogP contribution in [0.25, 0.3) is 10.9 Å². The Balaban J connectivity index is 1.68. The molecule has 0 amide bonds. The van der Waals surface area contributed by atoms with Gasteiger partial charge in [-0.3, -0.25) is 4.68 Å². The number of hydrogen-bond acceptors (Lipinski definition) is 5. The van der Waals surface area contributed by atoms with Gasteiger partial charge in [-0.1, -0.05) is 11.3 Å². The van der Waals surface area contributed by atoms with Gasteiger partial charge in [-0.2, -0.15) is 0 Å². The zero-order valence-corrected chi connectivity index (χ0v) is 10.7. The highest BCUT2D eigenvalue weighted by atomic mass is 19.1. The van der Waals surface area contributed by atoms with Crippen molar-refractivity contribution in [1.82, 2.24) is 25.0 Å². The maximum Gasteiger partial charge on any atom is 0.140 e. The molecule has 7 heteroatoms. The van der Waals surface area contributed by atoms with Crippen molar-refractivity contribution in [3.63, 3.8) is 0 Å². The second-order valence-electron chi connectivity index (χ2n) is 4.30. The molecular formula is C13H13FN6. The van der Waals surface area contributed by atoms with E-state index in [-0.39, 0.29) is 5.82 Å². The summed E-state index contributed by atoms with van der Waals surface area (Å²) in [5.41, 5.74) is 0.596. The first kappa shape index (κ1) is 12.5. The van der Waals surface area contributed by atoms with Crippen LogP contribution in [0.3, 0.4) is 0 Å². The second kappa shape index (κ2) is 5.60. The molecule has 1 N–H and O–H groups in total. The van der Waals surface area contributed by atoms with E-state index in [2.05, 4.69) is 25.6 Å². The van der Waals surface area contributed by atoms with Gasteiger partial charge in [0, 0.05) is 19.3 Å². The fourth-order valence-electron chi connectivity index (χ4n) is 2.00. The number of nitrogens with one attached hydrogen (secondary N) is 1. The van der Waals surface area contributed by atoms with Crippen molar-refractivity contribution in [3.05, 3.63) is 42.7 Å². The second-order valence-corrected chi connectivity index (χ2v) is 4.30. The molecule has 0 fully saturated rings. The van der Waals surface area contributed by atoms with E-state index in [1.807, 2.05) is 0 Å². The lowest BCUT2D eigenvalue weighted by molar-refractivity contribution is 0.569. The summed E-state index contributed by atoms with van der Waals surface area (Å²) in [5.74, 6) is 0.202. The lowest BCUT2D eigenvalue weighted by Gasteiger charge is -2.08. The first-order valence-electron chi connectivity index (χ1n) is 6.32. The Hall–Kier alpha value is -2.57. The summed E-state index contributed by atoms with van der Waals surface area (Å²) in [6.07, 6.45) is 5.71. The molecule has 0 saturated carbocycles. The summed E-state index contributed by atoms with van der Waals surface area (Å²) in [7, 11) is 0. The lowest BCUT2D eigenvalue weighted by Crippen LogP contribution is -2.09. The minimum Gasteiger partial charge on any atom is -0.369 e. The van der Waals surface area contributed by atoms with Gasteiger partial charge in [-0.15, -0.1) is 5.10 Å². The van der Waals surface area contributed by atoms with Crippen LogP contribution in [-0.2, 0) is 6.54 Å². The molecule has 0 aliphatic heterocycles. The zero-order chi connectivity index (χ0) is 13.8. The molecule has 20 heavy (non-hydrogen) atoms. The third-order valence-corrected chi connectivity index (χ3v) is 2.94. The summed E-state index contributed by atoms with van der Waals surface area (Å²) >= 11 is 0. The highest BCUT2D eigenvalue weighted by Gasteiger charge is 2.07. The molecule has 0 radical (unpaired) electrons. The molecule has 2 heterocycles. The lowest BCUT2D eigenvalue weighted by atomic mass is 10.2. The van der Waals surface area contributed by atoms with Gasteiger partial charge in [-0.25, -0.2) is 14.4 Å². The number of aryl methyl sites for hydroxylation is 1. The van der Waals surface area contributed by atoms with E-state index < -0.39 is 0 Å². The van der Waals surface area contributed by atoms with Crippen LogP contribution < -0.4 is 5.32 Å². The Kier molecular flexibility index (Phi) is 3.49. The van der Waals surface area contributed by atoms with Crippen LogP contribution in [-0.4, -0.2) is 31.5 Å². The molecule has 0 unspecified atom stereocenters. The number of rotatable bonds is 5. The molecule has 0 atom stereocenters. The predicted octanol–water partition coefficient (Wildman–Crippen LogP) is 1.86. The molecule has 6 nitrogen and oxygen atoms in total. The first-order chi connectivity index (χ1) is 9.84. The molecule has 0 saturated heterocycles. The van der Waals surface area contributed by atoms with Gasteiger partial charge in [0.1, 0.15) is 18.0 Å². The Morgan fingerprint density at radius 1 is 1.25 bits per heavy atom. The van der Waals surface area contributed by atoms with Crippen molar-refractivity contribution >= 4 is 16.7 Å². The molecule has 0 aliphatic rings. The molecule has 0 bridgehead atoms. The number of nitrogens with zero attached hydrogens (tertiary/aromatic N) is 5. The molecule has 2 aromatic heterocycles. The minimum absolute atomic E-state index is 0.318. The van der Waals surface area contributed by atoms with Crippen LogP contribution in [0.4, 0.5) is 10.2 Å². The van der Waals surface area contributed by atoms with Crippen molar-refractivity contribution in [3.8, 4) is 0 Å². The zero-order valence-electron chi connectivity index (χ0n) is 10.7. The molecule has 0 aliphatic carbocycles. The van der Waals surface area contributed by atoms with Crippen molar-refractivity contribution in [2.24, 2.45) is 0 Å². The maximum absolute atomic E-state index is 13.8. The summed E-state index contributed by atoms with van der Waals surface area (Å²) in [6.45, 7) is 1.42. The van der Waals surface area contributed by atoms with Crippen LogP contribution in [0.15, 0.2) is 36.9 Å². The normalized spacial score (nSPS) is 10.8. The van der Waals surface area contributed by atoms with E-state index in [0.717, 1.165) is 13.0 Å². The summed E-state index contributed by atoms with van der Waals surface area (Å²) in [5, 5.41) is 11.2. The average molecular weight is 272 g/mol. The topological polar surface area (TPSA) is 68.5 Å². The van der Waals surface area contributed by atoms with E-state index in [4.69, 9.17) is 0 Å². The molecule has 3 rings (SSSR count). The fourth-order valence-corrected chi connectivity index (χ4v) is 2.00. The van der Waals surface area contributed by atoms with E-state index >= 15 is 0 Å². The highest BCUT2D eigenvalue weighted by Crippen LogP contribution is 2.21. The van der Waals surface area contributed by atoms with Gasteiger partial charge in [0.2, 0.25) is 0 Å². The van der Waals surface area contributed by atoms with Crippen LogP contribution in [0.5, 0.6) is 0 Å². The monoisotopic (exact) mass is 272 g/mol. The van der Waals surface area contributed by atoms with Gasteiger partial charge in [0.05, 0.1) is 17.1 Å². The van der Waals surface area contributed by atoms with Crippen LogP contribution in [0.2, 0.25) is 0 Å². The Morgan fingerprint density at radius 2 is 2.20 bits per heavy atom. The number of anilines is 1. The van der Waals surface area contributed by atoms with E-state index in [9.17, 15) is 4.39 Å². The van der Waals surface area contributed by atoms with E-state index in [0.29, 0.717) is 23.3 Å². The van der Waals surface area contributed by atoms with Crippen molar-refractivity contribution in [1.29, 1.82) is 0 Å². The quantitative estimate of drug-likeness (QED) is 0.718. The third kappa shape index (κ3) is 2.56. The summed E-state index contributed by atoms with van der Waals surface area (Å²) < 4.78 is 15.6. The van der Waals surface area contributed by atoms with Gasteiger partial charge >= 0.3 is 0 Å². The Morgan fingerprint density at radius 3 is 3.05 bits per heavy atom. The number of hydrogen-bond donors (Lipinski definition) is 1. The average Bonchev–Trinajstić information content (AvgIpc) is 2.97. The van der Waals surface area contributed by atoms with Crippen LogP contribution >= 0.6 is 0 Å². The smallest absolute Gasteiger partial charge is 0.140 e. The number of benzene rings is 1. The third-order valence-electron chi connectivity index (χ3n) is 2.94. The highest BCUT2D eigenvalue weighted by molar-refractivity contribution is 5.89. The Bertz CT molecular complexity index is 692. The van der Waals surface area contributed by atoms with Crippen molar-refractivity contribution in [2.45, 2.75) is 13.0 Å². The van der Waals surface area contributed by atoms with Crippen molar-refractivity contribution in [2.75, 3.05) is 11.9 Å². The maximum atomic E-state index is 13.8. The van der Waals surface area contributed by atoms with Gasteiger partial charge in [-0.05, 0) is 18.6 Å². The molecule has 1 aromatic carbocycles. The summed E-state index contributed by atoms with van der Waals surface area (Å²) in [6, 6.07) is 4.81. The van der Waals surface area contributed by atoms with E-state index in [1.54, 1.807) is 29.2 Å². The van der Waals surface area contributed by atoms with Gasteiger partial charge in [0.25, 0.3) is 0 Å². The van der Waals surface area contributed by atoms with Gasteiger partial charge in [0.15, 0.2) is 0 Å². The first-order valence-corrected chi connectivity index (χ1v) is 6.32. The largest absolute Gasteiger partial charge is 0.369 e. The van der Waals surface area contributed by atoms with Gasteiger partial charge < -0.3 is 5.32 Å². The molecule has 102 valence electrons. The minimum atomic E-state index is -0.318. The van der Waals surface area contributed by atoms with Crippen LogP contribution in [0.1, 0.15) is 6.42 Å². The molecule has 3 aromatic rings. The van der Waals surface area contributed by atoms with Crippen LogP contribution in [0, 0.1) is 5.82 Å². The number of fused-ring (bicyclic) bond motifs is 1. The fraction of sp³-hybridized carbons (Fsp3) is 0.231. The van der Waals surface area contributed by atoms with E-state index in [1.165, 1.54) is 12.4 Å². The molecule has 0 spiro atoms. The predicted molar refractivity (Wildman–Crippen MR) is 72.6 cm³/mol. The van der Waals surface area contributed by atoms with Crippen molar-refractivity contribution < 1.29 is 4.39 Å². The molecular weight excluding hydrogens is 259 g/mol. The summed E-state index contributed by atoms with van der Waals surface area (Å²) in [4.78, 5) is 8.16. The number of aromatic nitrogens is 5. The number of halogens is 1.